The normalized spacial score (nSPS) is 10.8. The maximum absolute atomic E-state index is 13.3. The summed E-state index contributed by atoms with van der Waals surface area (Å²) in [6, 6.07) is 20.6. The Kier molecular flexibility index (Phi) is 7.87. The average molecular weight is 485 g/mol. The second-order valence-corrected chi connectivity index (χ2v) is 9.06. The highest BCUT2D eigenvalue weighted by molar-refractivity contribution is 7.92. The van der Waals surface area contributed by atoms with E-state index in [0.29, 0.717) is 5.69 Å². The number of hydrogen-bond acceptors (Lipinski definition) is 5. The summed E-state index contributed by atoms with van der Waals surface area (Å²) in [4.78, 5) is 24.3. The summed E-state index contributed by atoms with van der Waals surface area (Å²) < 4.78 is 32.8. The van der Waals surface area contributed by atoms with Crippen molar-refractivity contribution in [1.29, 1.82) is 0 Å². The van der Waals surface area contributed by atoms with Crippen LogP contribution < -0.4 is 9.62 Å². The zero-order valence-electron chi connectivity index (χ0n) is 17.5. The smallest absolute Gasteiger partial charge is 0.338 e. The van der Waals surface area contributed by atoms with Gasteiger partial charge < -0.3 is 10.1 Å². The molecule has 0 aliphatic heterocycles. The molecule has 1 amide bonds. The number of esters is 1. The molecule has 0 aliphatic carbocycles. The molecule has 9 heteroatoms. The van der Waals surface area contributed by atoms with Gasteiger partial charge in [0.05, 0.1) is 27.7 Å². The van der Waals surface area contributed by atoms with Crippen LogP contribution in [0.2, 0.25) is 5.02 Å². The van der Waals surface area contributed by atoms with Gasteiger partial charge in [-0.25, -0.2) is 13.2 Å². The van der Waals surface area contributed by atoms with Crippen LogP contribution in [0.5, 0.6) is 0 Å². The van der Waals surface area contributed by atoms with Gasteiger partial charge in [-0.15, -0.1) is 6.58 Å². The lowest BCUT2D eigenvalue weighted by atomic mass is 10.2. The van der Waals surface area contributed by atoms with Gasteiger partial charge >= 0.3 is 5.97 Å². The Labute approximate surface area is 197 Å². The third kappa shape index (κ3) is 6.00. The number of sulfonamides is 1. The van der Waals surface area contributed by atoms with E-state index < -0.39 is 28.5 Å². The van der Waals surface area contributed by atoms with E-state index in [9.17, 15) is 18.0 Å². The van der Waals surface area contributed by atoms with Crippen molar-refractivity contribution in [3.05, 3.63) is 102 Å². The first kappa shape index (κ1) is 24.0. The second-order valence-electron chi connectivity index (χ2n) is 6.79. The van der Waals surface area contributed by atoms with Crippen LogP contribution in [-0.2, 0) is 19.6 Å². The SMILES string of the molecule is C=CCN(c1ccccc1Cl)S(=O)(=O)c1cccc(C(=O)OCC(=O)Nc2ccccc2)c1. The zero-order chi connectivity index (χ0) is 23.8. The fraction of sp³-hybridized carbons (Fsp3) is 0.0833. The minimum absolute atomic E-state index is 0.0127. The molecule has 7 nitrogen and oxygen atoms in total. The van der Waals surface area contributed by atoms with E-state index in [1.807, 2.05) is 0 Å². The fourth-order valence-corrected chi connectivity index (χ4v) is 4.73. The first-order chi connectivity index (χ1) is 15.8. The number of hydrogen-bond donors (Lipinski definition) is 1. The molecule has 0 atom stereocenters. The van der Waals surface area contributed by atoms with E-state index in [1.165, 1.54) is 30.3 Å². The molecule has 0 aliphatic rings. The quantitative estimate of drug-likeness (QED) is 0.356. The van der Waals surface area contributed by atoms with Crippen molar-refractivity contribution >= 4 is 44.9 Å². The average Bonchev–Trinajstić information content (AvgIpc) is 2.82. The lowest BCUT2D eigenvalue weighted by Crippen LogP contribution is -2.31. The third-order valence-electron chi connectivity index (χ3n) is 4.47. The summed E-state index contributed by atoms with van der Waals surface area (Å²) in [6.07, 6.45) is 1.43. The highest BCUT2D eigenvalue weighted by Gasteiger charge is 2.26. The molecule has 0 saturated heterocycles. The Morgan fingerprint density at radius 3 is 2.39 bits per heavy atom. The molecule has 33 heavy (non-hydrogen) atoms. The predicted octanol–water partition coefficient (Wildman–Crippen LogP) is 4.52. The first-order valence-corrected chi connectivity index (χ1v) is 11.6. The van der Waals surface area contributed by atoms with Gasteiger partial charge in [-0.05, 0) is 42.5 Å². The van der Waals surface area contributed by atoms with Gasteiger partial charge in [-0.1, -0.05) is 54.1 Å². The van der Waals surface area contributed by atoms with Crippen LogP contribution in [0.1, 0.15) is 10.4 Å². The molecule has 0 heterocycles. The zero-order valence-corrected chi connectivity index (χ0v) is 19.1. The number of rotatable bonds is 9. The molecular formula is C24H21ClN2O5S. The highest BCUT2D eigenvalue weighted by Crippen LogP contribution is 2.30. The van der Waals surface area contributed by atoms with Crippen LogP contribution in [0.4, 0.5) is 11.4 Å². The highest BCUT2D eigenvalue weighted by atomic mass is 35.5. The molecule has 0 bridgehead atoms. The Hall–Kier alpha value is -3.62. The molecule has 0 unspecified atom stereocenters. The maximum atomic E-state index is 13.3. The van der Waals surface area contributed by atoms with E-state index >= 15 is 0 Å². The topological polar surface area (TPSA) is 92.8 Å². The van der Waals surface area contributed by atoms with Crippen molar-refractivity contribution in [2.24, 2.45) is 0 Å². The number of carbonyl (C=O) groups is 2. The molecule has 3 rings (SSSR count). The number of nitrogens with one attached hydrogen (secondary N) is 1. The largest absolute Gasteiger partial charge is 0.452 e. The van der Waals surface area contributed by atoms with Gasteiger partial charge in [0.15, 0.2) is 6.61 Å². The number of benzene rings is 3. The minimum Gasteiger partial charge on any atom is -0.452 e. The van der Waals surface area contributed by atoms with Crippen molar-refractivity contribution in [3.8, 4) is 0 Å². The van der Waals surface area contributed by atoms with Gasteiger partial charge in [0.2, 0.25) is 0 Å². The van der Waals surface area contributed by atoms with Crippen molar-refractivity contribution < 1.29 is 22.7 Å². The Morgan fingerprint density at radius 2 is 1.70 bits per heavy atom. The van der Waals surface area contributed by atoms with Gasteiger partial charge in [0.25, 0.3) is 15.9 Å². The predicted molar refractivity (Wildman–Crippen MR) is 128 cm³/mol. The molecule has 0 saturated carbocycles. The number of carbonyl (C=O) groups excluding carboxylic acids is 2. The van der Waals surface area contributed by atoms with Gasteiger partial charge in [0, 0.05) is 5.69 Å². The van der Waals surface area contributed by atoms with Crippen molar-refractivity contribution in [1.82, 2.24) is 0 Å². The Balaban J connectivity index is 1.77. The molecule has 3 aromatic carbocycles. The van der Waals surface area contributed by atoms with E-state index in [2.05, 4.69) is 11.9 Å². The monoisotopic (exact) mass is 484 g/mol. The number of anilines is 2. The van der Waals surface area contributed by atoms with Crippen LogP contribution in [0.15, 0.2) is 96.4 Å². The van der Waals surface area contributed by atoms with Crippen molar-refractivity contribution in [2.75, 3.05) is 22.8 Å². The number of amides is 1. The second kappa shape index (κ2) is 10.8. The molecule has 0 aromatic heterocycles. The van der Waals surface area contributed by atoms with Crippen molar-refractivity contribution in [2.45, 2.75) is 4.90 Å². The summed E-state index contributed by atoms with van der Waals surface area (Å²) in [5, 5.41) is 2.85. The van der Waals surface area contributed by atoms with Gasteiger partial charge in [-0.2, -0.15) is 0 Å². The van der Waals surface area contributed by atoms with E-state index in [1.54, 1.807) is 54.6 Å². The van der Waals surface area contributed by atoms with Crippen LogP contribution in [0.3, 0.4) is 0 Å². The first-order valence-electron chi connectivity index (χ1n) is 9.83. The van der Waals surface area contributed by atoms with Crippen molar-refractivity contribution in [3.63, 3.8) is 0 Å². The number of nitrogens with zero attached hydrogens (tertiary/aromatic N) is 1. The summed E-state index contributed by atoms with van der Waals surface area (Å²) in [7, 11) is -4.08. The third-order valence-corrected chi connectivity index (χ3v) is 6.56. The van der Waals surface area contributed by atoms with E-state index in [4.69, 9.17) is 16.3 Å². The molecule has 0 radical (unpaired) electrons. The summed E-state index contributed by atoms with van der Waals surface area (Å²) in [6.45, 7) is 3.07. The number of halogens is 1. The lowest BCUT2D eigenvalue weighted by Gasteiger charge is -2.24. The Bertz CT molecular complexity index is 1260. The summed E-state index contributed by atoms with van der Waals surface area (Å²) in [5.41, 5.74) is 0.833. The van der Waals surface area contributed by atoms with E-state index in [-0.39, 0.29) is 27.7 Å². The Morgan fingerprint density at radius 1 is 1.00 bits per heavy atom. The van der Waals surface area contributed by atoms with E-state index in [0.717, 1.165) is 4.31 Å². The standard InChI is InChI=1S/C24H21ClN2O5S/c1-2-15-27(22-14-7-6-13-21(22)25)33(30,31)20-12-8-9-18(16-20)24(29)32-17-23(28)26-19-10-4-3-5-11-19/h2-14,16H,1,15,17H2,(H,26,28). The molecule has 0 spiro atoms. The van der Waals surface area contributed by atoms with Gasteiger partial charge in [-0.3, -0.25) is 9.10 Å². The summed E-state index contributed by atoms with van der Waals surface area (Å²) in [5.74, 6) is -1.35. The summed E-state index contributed by atoms with van der Waals surface area (Å²) >= 11 is 6.21. The van der Waals surface area contributed by atoms with Crippen LogP contribution in [0, 0.1) is 0 Å². The van der Waals surface area contributed by atoms with Crippen LogP contribution in [-0.4, -0.2) is 33.4 Å². The maximum Gasteiger partial charge on any atom is 0.338 e. The van der Waals surface area contributed by atoms with Gasteiger partial charge in [0.1, 0.15) is 0 Å². The molecule has 0 fully saturated rings. The van der Waals surface area contributed by atoms with Crippen LogP contribution in [0.25, 0.3) is 0 Å². The minimum atomic E-state index is -4.08. The molecule has 3 aromatic rings. The molecule has 1 N–H and O–H groups in total. The molecular weight excluding hydrogens is 464 g/mol. The fourth-order valence-electron chi connectivity index (χ4n) is 2.94. The van der Waals surface area contributed by atoms with Crippen LogP contribution >= 0.6 is 11.6 Å². The number of para-hydroxylation sites is 2. The lowest BCUT2D eigenvalue weighted by molar-refractivity contribution is -0.119. The molecule has 170 valence electrons. The number of ether oxygens (including phenoxy) is 1.